The Kier molecular flexibility index (Phi) is 4.84. The van der Waals surface area contributed by atoms with Crippen LogP contribution in [0.3, 0.4) is 0 Å². The number of aryl methyl sites for hydroxylation is 1. The van der Waals surface area contributed by atoms with Crippen LogP contribution in [-0.4, -0.2) is 56.8 Å². The van der Waals surface area contributed by atoms with Gasteiger partial charge in [0.15, 0.2) is 0 Å². The van der Waals surface area contributed by atoms with Gasteiger partial charge in [0.25, 0.3) is 0 Å². The highest BCUT2D eigenvalue weighted by Crippen LogP contribution is 2.24. The fraction of sp³-hybridized carbons (Fsp3) is 0.667. The molecule has 0 aromatic carbocycles. The van der Waals surface area contributed by atoms with E-state index in [4.69, 9.17) is 4.74 Å². The minimum atomic E-state index is -0.405. The largest absolute Gasteiger partial charge is 0.468 e. The molecule has 0 aliphatic carbocycles. The summed E-state index contributed by atoms with van der Waals surface area (Å²) < 4.78 is 6.39. The first kappa shape index (κ1) is 15.8. The summed E-state index contributed by atoms with van der Waals surface area (Å²) in [5, 5.41) is 15.0. The number of aromatic nitrogens is 2. The summed E-state index contributed by atoms with van der Waals surface area (Å²) in [6, 6.07) is 0. The van der Waals surface area contributed by atoms with Crippen LogP contribution in [0.5, 0.6) is 0 Å². The first-order chi connectivity index (χ1) is 9.93. The van der Waals surface area contributed by atoms with E-state index < -0.39 is 4.92 Å². The van der Waals surface area contributed by atoms with E-state index in [1.54, 1.807) is 30.3 Å². The fourth-order valence-corrected chi connectivity index (χ4v) is 3.58. The molecule has 1 aliphatic heterocycles. The molecule has 0 bridgehead atoms. The van der Waals surface area contributed by atoms with Crippen LogP contribution in [0, 0.1) is 24.0 Å². The first-order valence-corrected chi connectivity index (χ1v) is 7.59. The number of carbonyl (C=O) groups is 1. The molecule has 0 radical (unpaired) electrons. The summed E-state index contributed by atoms with van der Waals surface area (Å²) in [5.41, 5.74) is 1.00. The van der Waals surface area contributed by atoms with E-state index in [0.717, 1.165) is 12.3 Å². The highest BCUT2D eigenvalue weighted by molar-refractivity contribution is 8.00. The van der Waals surface area contributed by atoms with E-state index in [1.165, 1.54) is 7.11 Å². The molecular formula is C12H18N4O4S. The Morgan fingerprint density at radius 1 is 1.57 bits per heavy atom. The summed E-state index contributed by atoms with van der Waals surface area (Å²) in [6.07, 6.45) is 0. The summed E-state index contributed by atoms with van der Waals surface area (Å²) in [7, 11) is 1.38. The zero-order valence-electron chi connectivity index (χ0n) is 12.2. The van der Waals surface area contributed by atoms with Gasteiger partial charge in [-0.3, -0.25) is 19.8 Å². The van der Waals surface area contributed by atoms with Crippen molar-refractivity contribution in [3.8, 4) is 0 Å². The summed E-state index contributed by atoms with van der Waals surface area (Å²) in [6.45, 7) is 5.13. The van der Waals surface area contributed by atoms with Crippen LogP contribution in [0.2, 0.25) is 0 Å². The molecule has 9 heteroatoms. The van der Waals surface area contributed by atoms with E-state index in [9.17, 15) is 14.9 Å². The highest BCUT2D eigenvalue weighted by atomic mass is 32.2. The molecule has 21 heavy (non-hydrogen) atoms. The van der Waals surface area contributed by atoms with E-state index in [2.05, 4.69) is 10.00 Å². The Morgan fingerprint density at radius 3 is 2.86 bits per heavy atom. The van der Waals surface area contributed by atoms with Gasteiger partial charge in [-0.2, -0.15) is 5.10 Å². The van der Waals surface area contributed by atoms with Gasteiger partial charge in [0.2, 0.25) is 0 Å². The molecule has 2 rings (SSSR count). The summed E-state index contributed by atoms with van der Waals surface area (Å²) >= 11 is 1.57. The van der Waals surface area contributed by atoms with Gasteiger partial charge >= 0.3 is 11.7 Å². The highest BCUT2D eigenvalue weighted by Gasteiger charge is 2.29. The average Bonchev–Trinajstić information content (AvgIpc) is 2.72. The second kappa shape index (κ2) is 6.44. The maximum atomic E-state index is 11.6. The SMILES string of the molecule is COC(=O)[C@@H]1CN(Cn2nc(C)c([N+](=O)[O-])c2C)CCS1. The lowest BCUT2D eigenvalue weighted by atomic mass is 10.3. The molecule has 1 fully saturated rings. The van der Waals surface area contributed by atoms with Crippen LogP contribution in [0.15, 0.2) is 0 Å². The zero-order valence-corrected chi connectivity index (χ0v) is 13.1. The average molecular weight is 314 g/mol. The smallest absolute Gasteiger partial charge is 0.320 e. The quantitative estimate of drug-likeness (QED) is 0.464. The molecule has 1 saturated heterocycles. The van der Waals surface area contributed by atoms with Crippen LogP contribution < -0.4 is 0 Å². The lowest BCUT2D eigenvalue weighted by molar-refractivity contribution is -0.386. The topological polar surface area (TPSA) is 90.5 Å². The zero-order chi connectivity index (χ0) is 15.6. The predicted octanol–water partition coefficient (Wildman–Crippen LogP) is 0.956. The second-order valence-corrected chi connectivity index (χ2v) is 6.19. The number of rotatable bonds is 4. The van der Waals surface area contributed by atoms with Crippen LogP contribution in [0.25, 0.3) is 0 Å². The van der Waals surface area contributed by atoms with Gasteiger partial charge in [0.05, 0.1) is 18.7 Å². The maximum absolute atomic E-state index is 11.6. The van der Waals surface area contributed by atoms with Gasteiger partial charge < -0.3 is 4.74 Å². The van der Waals surface area contributed by atoms with Crippen molar-refractivity contribution in [3.05, 3.63) is 21.5 Å². The van der Waals surface area contributed by atoms with Gasteiger partial charge in [0, 0.05) is 18.8 Å². The number of carbonyl (C=O) groups excluding carboxylic acids is 1. The van der Waals surface area contributed by atoms with Crippen molar-refractivity contribution in [2.45, 2.75) is 25.8 Å². The van der Waals surface area contributed by atoms with Crippen molar-refractivity contribution in [3.63, 3.8) is 0 Å². The second-order valence-electron chi connectivity index (χ2n) is 4.88. The third-order valence-electron chi connectivity index (χ3n) is 3.47. The molecule has 0 amide bonds. The standard InChI is InChI=1S/C12H18N4O4S/c1-8-11(16(18)19)9(2)15(13-8)7-14-4-5-21-10(6-14)12(17)20-3/h10H,4-7H2,1-3H3/t10-/m0/s1. The number of nitro groups is 1. The molecule has 1 aliphatic rings. The number of hydrogen-bond donors (Lipinski definition) is 0. The Labute approximate surface area is 126 Å². The molecule has 0 N–H and O–H groups in total. The van der Waals surface area contributed by atoms with Gasteiger partial charge in [-0.15, -0.1) is 11.8 Å². The minimum Gasteiger partial charge on any atom is -0.468 e. The molecule has 1 atom stereocenters. The fourth-order valence-electron chi connectivity index (χ4n) is 2.38. The van der Waals surface area contributed by atoms with E-state index in [-0.39, 0.29) is 16.9 Å². The molecule has 0 saturated carbocycles. The summed E-state index contributed by atoms with van der Waals surface area (Å²) in [5.74, 6) is 0.588. The lowest BCUT2D eigenvalue weighted by Gasteiger charge is -2.30. The van der Waals surface area contributed by atoms with Crippen molar-refractivity contribution < 1.29 is 14.5 Å². The number of methoxy groups -OCH3 is 1. The van der Waals surface area contributed by atoms with Crippen molar-refractivity contribution in [2.24, 2.45) is 0 Å². The Morgan fingerprint density at radius 2 is 2.29 bits per heavy atom. The van der Waals surface area contributed by atoms with Crippen molar-refractivity contribution >= 4 is 23.4 Å². The molecule has 1 aromatic rings. The number of esters is 1. The van der Waals surface area contributed by atoms with Gasteiger partial charge in [0.1, 0.15) is 16.6 Å². The molecule has 0 spiro atoms. The number of hydrogen-bond acceptors (Lipinski definition) is 7. The molecule has 116 valence electrons. The minimum absolute atomic E-state index is 0.0610. The Bertz CT molecular complexity index is 560. The predicted molar refractivity (Wildman–Crippen MR) is 78.2 cm³/mol. The number of ether oxygens (including phenoxy) is 1. The van der Waals surface area contributed by atoms with Crippen molar-refractivity contribution in [2.75, 3.05) is 26.0 Å². The normalized spacial score (nSPS) is 19.5. The first-order valence-electron chi connectivity index (χ1n) is 6.54. The van der Waals surface area contributed by atoms with Gasteiger partial charge in [-0.05, 0) is 13.8 Å². The summed E-state index contributed by atoms with van der Waals surface area (Å²) in [4.78, 5) is 24.3. The number of thioether (sulfide) groups is 1. The van der Waals surface area contributed by atoms with E-state index in [1.807, 2.05) is 0 Å². The molecule has 0 unspecified atom stereocenters. The van der Waals surface area contributed by atoms with Crippen molar-refractivity contribution in [1.29, 1.82) is 0 Å². The van der Waals surface area contributed by atoms with Gasteiger partial charge in [-0.25, -0.2) is 4.68 Å². The maximum Gasteiger partial charge on any atom is 0.320 e. The molecule has 1 aromatic heterocycles. The third kappa shape index (κ3) is 3.35. The molecular weight excluding hydrogens is 296 g/mol. The van der Waals surface area contributed by atoms with Crippen LogP contribution in [-0.2, 0) is 16.2 Å². The Hall–Kier alpha value is -1.61. The lowest BCUT2D eigenvalue weighted by Crippen LogP contribution is -2.42. The Balaban J connectivity index is 2.10. The van der Waals surface area contributed by atoms with Crippen LogP contribution in [0.4, 0.5) is 5.69 Å². The van der Waals surface area contributed by atoms with Crippen molar-refractivity contribution in [1.82, 2.24) is 14.7 Å². The van der Waals surface area contributed by atoms with E-state index >= 15 is 0 Å². The monoisotopic (exact) mass is 314 g/mol. The van der Waals surface area contributed by atoms with Gasteiger partial charge in [-0.1, -0.05) is 0 Å². The molecule has 2 heterocycles. The van der Waals surface area contributed by atoms with E-state index in [0.29, 0.717) is 24.6 Å². The molecule has 8 nitrogen and oxygen atoms in total. The van der Waals surface area contributed by atoms with Crippen LogP contribution in [0.1, 0.15) is 11.4 Å². The van der Waals surface area contributed by atoms with Crippen LogP contribution >= 0.6 is 11.8 Å². The number of nitrogens with zero attached hydrogens (tertiary/aromatic N) is 4. The third-order valence-corrected chi connectivity index (χ3v) is 4.64.